The van der Waals surface area contributed by atoms with E-state index in [1.165, 1.54) is 6.07 Å². The summed E-state index contributed by atoms with van der Waals surface area (Å²) in [6, 6.07) is 1.60. The first-order valence-electron chi connectivity index (χ1n) is 6.48. The lowest BCUT2D eigenvalue weighted by atomic mass is 9.87. The maximum atomic E-state index is 11.6. The first-order chi connectivity index (χ1) is 8.40. The average molecular weight is 250 g/mol. The second-order valence-electron chi connectivity index (χ2n) is 6.09. The Morgan fingerprint density at radius 1 is 1.56 bits per heavy atom. The largest absolute Gasteiger partial charge is 0.365 e. The number of nitrogens with two attached hydrogens (primary N) is 1. The highest BCUT2D eigenvalue weighted by Crippen LogP contribution is 2.37. The molecular formula is C13H22N4O. The van der Waals surface area contributed by atoms with Gasteiger partial charge in [0.1, 0.15) is 11.6 Å². The number of nitrogens with zero attached hydrogens (tertiary/aromatic N) is 1. The number of nitrogens with one attached hydrogen (secondary N) is 2. The predicted octanol–water partition coefficient (Wildman–Crippen LogP) is 1.43. The van der Waals surface area contributed by atoms with Crippen LogP contribution in [0.5, 0.6) is 0 Å². The lowest BCUT2D eigenvalue weighted by Gasteiger charge is -2.30. The lowest BCUT2D eigenvalue weighted by molar-refractivity contribution is 0.345. The highest BCUT2D eigenvalue weighted by atomic mass is 16.1. The Kier molecular flexibility index (Phi) is 3.43. The van der Waals surface area contributed by atoms with Crippen molar-refractivity contribution in [1.82, 2.24) is 9.97 Å². The third-order valence-electron chi connectivity index (χ3n) is 3.33. The fourth-order valence-corrected chi connectivity index (χ4v) is 1.91. The molecule has 1 aromatic heterocycles. The van der Waals surface area contributed by atoms with Crippen molar-refractivity contribution in [3.63, 3.8) is 0 Å². The standard InChI is InChI=1S/C13H22N4O/c1-13(2,3)9(7-14)15-10-6-11(18)17-12(16-10)8-4-5-8/h6,8-9H,4-5,7,14H2,1-3H3,(H2,15,16,17,18). The minimum Gasteiger partial charge on any atom is -0.365 e. The van der Waals surface area contributed by atoms with Gasteiger partial charge >= 0.3 is 0 Å². The molecule has 1 atom stereocenters. The number of anilines is 1. The van der Waals surface area contributed by atoms with Gasteiger partial charge in [0, 0.05) is 24.6 Å². The average Bonchev–Trinajstić information content (AvgIpc) is 3.07. The topological polar surface area (TPSA) is 83.8 Å². The number of rotatable bonds is 4. The molecule has 0 amide bonds. The molecule has 0 aromatic carbocycles. The van der Waals surface area contributed by atoms with Crippen molar-refractivity contribution in [2.75, 3.05) is 11.9 Å². The molecule has 1 heterocycles. The summed E-state index contributed by atoms with van der Waals surface area (Å²) >= 11 is 0. The highest BCUT2D eigenvalue weighted by Gasteiger charge is 2.27. The van der Waals surface area contributed by atoms with Gasteiger partial charge in [-0.3, -0.25) is 4.79 Å². The molecule has 1 fully saturated rings. The van der Waals surface area contributed by atoms with Gasteiger partial charge in [-0.15, -0.1) is 0 Å². The summed E-state index contributed by atoms with van der Waals surface area (Å²) in [5.41, 5.74) is 5.71. The van der Waals surface area contributed by atoms with Gasteiger partial charge in [0.2, 0.25) is 0 Å². The zero-order valence-corrected chi connectivity index (χ0v) is 11.3. The van der Waals surface area contributed by atoms with E-state index in [2.05, 4.69) is 36.1 Å². The minimum atomic E-state index is -0.0981. The molecule has 1 aliphatic carbocycles. The van der Waals surface area contributed by atoms with E-state index in [9.17, 15) is 4.79 Å². The van der Waals surface area contributed by atoms with Crippen molar-refractivity contribution in [1.29, 1.82) is 0 Å². The van der Waals surface area contributed by atoms with Crippen molar-refractivity contribution in [3.05, 3.63) is 22.2 Å². The van der Waals surface area contributed by atoms with Gasteiger partial charge in [-0.2, -0.15) is 0 Å². The molecule has 0 spiro atoms. The predicted molar refractivity (Wildman–Crippen MR) is 72.8 cm³/mol. The normalized spacial score (nSPS) is 17.6. The van der Waals surface area contributed by atoms with E-state index in [0.717, 1.165) is 18.7 Å². The summed E-state index contributed by atoms with van der Waals surface area (Å²) in [5.74, 6) is 1.87. The third kappa shape index (κ3) is 3.10. The number of hydrogen-bond donors (Lipinski definition) is 3. The zero-order valence-electron chi connectivity index (χ0n) is 11.3. The van der Waals surface area contributed by atoms with Crippen molar-refractivity contribution >= 4 is 5.82 Å². The van der Waals surface area contributed by atoms with Crippen LogP contribution in [-0.2, 0) is 0 Å². The molecule has 0 bridgehead atoms. The molecule has 4 N–H and O–H groups in total. The molecule has 0 radical (unpaired) electrons. The van der Waals surface area contributed by atoms with Crippen LogP contribution in [0, 0.1) is 5.41 Å². The fraction of sp³-hybridized carbons (Fsp3) is 0.692. The van der Waals surface area contributed by atoms with Crippen LogP contribution >= 0.6 is 0 Å². The number of aromatic nitrogens is 2. The van der Waals surface area contributed by atoms with Gasteiger partial charge in [0.05, 0.1) is 0 Å². The molecule has 2 rings (SSSR count). The molecular weight excluding hydrogens is 228 g/mol. The van der Waals surface area contributed by atoms with Gasteiger partial charge in [-0.05, 0) is 18.3 Å². The summed E-state index contributed by atoms with van der Waals surface area (Å²) < 4.78 is 0. The zero-order chi connectivity index (χ0) is 13.3. The van der Waals surface area contributed by atoms with Crippen LogP contribution in [-0.4, -0.2) is 22.6 Å². The molecule has 1 saturated carbocycles. The minimum absolute atomic E-state index is 0.0266. The van der Waals surface area contributed by atoms with Gasteiger partial charge in [0.15, 0.2) is 0 Å². The van der Waals surface area contributed by atoms with Crippen LogP contribution in [0.4, 0.5) is 5.82 Å². The Hall–Kier alpha value is -1.36. The maximum absolute atomic E-state index is 11.6. The fourth-order valence-electron chi connectivity index (χ4n) is 1.91. The van der Waals surface area contributed by atoms with E-state index in [1.807, 2.05) is 0 Å². The van der Waals surface area contributed by atoms with Crippen molar-refractivity contribution in [2.24, 2.45) is 11.1 Å². The molecule has 1 unspecified atom stereocenters. The van der Waals surface area contributed by atoms with E-state index in [0.29, 0.717) is 18.3 Å². The van der Waals surface area contributed by atoms with Crippen LogP contribution in [0.2, 0.25) is 0 Å². The number of aromatic amines is 1. The molecule has 0 aliphatic heterocycles. The Morgan fingerprint density at radius 2 is 2.22 bits per heavy atom. The van der Waals surface area contributed by atoms with Gasteiger partial charge in [-0.1, -0.05) is 20.8 Å². The Bertz CT molecular complexity index is 471. The highest BCUT2D eigenvalue weighted by molar-refractivity contribution is 5.36. The monoisotopic (exact) mass is 250 g/mol. The summed E-state index contributed by atoms with van der Waals surface area (Å²) in [6.45, 7) is 6.86. The number of hydrogen-bond acceptors (Lipinski definition) is 4. The van der Waals surface area contributed by atoms with Gasteiger partial charge < -0.3 is 16.0 Å². The van der Waals surface area contributed by atoms with Crippen molar-refractivity contribution in [3.8, 4) is 0 Å². The molecule has 18 heavy (non-hydrogen) atoms. The third-order valence-corrected chi connectivity index (χ3v) is 3.33. The van der Waals surface area contributed by atoms with E-state index >= 15 is 0 Å². The first-order valence-corrected chi connectivity index (χ1v) is 6.48. The van der Waals surface area contributed by atoms with Crippen LogP contribution in [0.15, 0.2) is 10.9 Å². The summed E-state index contributed by atoms with van der Waals surface area (Å²) in [5, 5.41) is 3.28. The molecule has 1 aromatic rings. The second-order valence-corrected chi connectivity index (χ2v) is 6.09. The van der Waals surface area contributed by atoms with Crippen LogP contribution in [0.25, 0.3) is 0 Å². The first kappa shape index (κ1) is 13.1. The lowest BCUT2D eigenvalue weighted by Crippen LogP contribution is -2.40. The van der Waals surface area contributed by atoms with Crippen LogP contribution in [0.1, 0.15) is 45.4 Å². The smallest absolute Gasteiger partial charge is 0.252 e. The van der Waals surface area contributed by atoms with Crippen LogP contribution in [0.3, 0.4) is 0 Å². The number of H-pyrrole nitrogens is 1. The molecule has 0 saturated heterocycles. The molecule has 5 nitrogen and oxygen atoms in total. The maximum Gasteiger partial charge on any atom is 0.252 e. The van der Waals surface area contributed by atoms with E-state index in [4.69, 9.17) is 5.73 Å². The van der Waals surface area contributed by atoms with Gasteiger partial charge in [0.25, 0.3) is 5.56 Å². The second kappa shape index (κ2) is 4.72. The molecule has 1 aliphatic rings. The summed E-state index contributed by atoms with van der Waals surface area (Å²) in [4.78, 5) is 18.9. The van der Waals surface area contributed by atoms with E-state index in [-0.39, 0.29) is 17.0 Å². The van der Waals surface area contributed by atoms with Gasteiger partial charge in [-0.25, -0.2) is 4.98 Å². The SMILES string of the molecule is CC(C)(C)C(CN)Nc1cc(=O)[nH]c(C2CC2)n1. The molecule has 5 heteroatoms. The molecule has 100 valence electrons. The summed E-state index contributed by atoms with van der Waals surface area (Å²) in [7, 11) is 0. The van der Waals surface area contributed by atoms with E-state index in [1.54, 1.807) is 0 Å². The Morgan fingerprint density at radius 3 is 2.72 bits per heavy atom. The quantitative estimate of drug-likeness (QED) is 0.755. The summed E-state index contributed by atoms with van der Waals surface area (Å²) in [6.07, 6.45) is 2.23. The Labute approximate surface area is 107 Å². The van der Waals surface area contributed by atoms with E-state index < -0.39 is 0 Å². The Balaban J connectivity index is 2.20. The van der Waals surface area contributed by atoms with Crippen molar-refractivity contribution in [2.45, 2.75) is 45.6 Å². The van der Waals surface area contributed by atoms with Crippen LogP contribution < -0.4 is 16.6 Å². The van der Waals surface area contributed by atoms with Crippen molar-refractivity contribution < 1.29 is 0 Å².